The van der Waals surface area contributed by atoms with E-state index < -0.39 is 0 Å². The van der Waals surface area contributed by atoms with Crippen LogP contribution in [0, 0.1) is 0 Å². The van der Waals surface area contributed by atoms with Gasteiger partial charge in [0.25, 0.3) is 13.4 Å². The molecule has 9 aromatic rings. The molecular formula is C50H38B2N2O2. The van der Waals surface area contributed by atoms with Crippen LogP contribution in [0.15, 0.2) is 121 Å². The van der Waals surface area contributed by atoms with Crippen molar-refractivity contribution in [3.8, 4) is 34.4 Å². The summed E-state index contributed by atoms with van der Waals surface area (Å²) < 4.78 is 18.8. The first-order valence-electron chi connectivity index (χ1n) is 20.0. The molecule has 4 nitrogen and oxygen atoms in total. The first kappa shape index (κ1) is 31.1. The molecule has 2 aromatic heterocycles. The summed E-state index contributed by atoms with van der Waals surface area (Å²) in [5.74, 6) is 3.80. The van der Waals surface area contributed by atoms with E-state index in [0.717, 1.165) is 23.0 Å². The Hall–Kier alpha value is -6.13. The second kappa shape index (κ2) is 9.99. The molecule has 4 aliphatic rings. The minimum Gasteiger partial charge on any atom is -0.458 e. The van der Waals surface area contributed by atoms with Crippen molar-refractivity contribution in [2.24, 2.45) is 0 Å². The Morgan fingerprint density at radius 3 is 1.46 bits per heavy atom. The van der Waals surface area contributed by atoms with Crippen LogP contribution in [0.2, 0.25) is 0 Å². The smallest absolute Gasteiger partial charge is 0.256 e. The number of rotatable bonds is 0. The molecule has 0 amide bonds. The van der Waals surface area contributed by atoms with E-state index in [-0.39, 0.29) is 24.3 Å². The van der Waals surface area contributed by atoms with Crippen LogP contribution in [0.25, 0.3) is 55.0 Å². The Balaban J connectivity index is 1.17. The number of hydrogen-bond acceptors (Lipinski definition) is 2. The van der Waals surface area contributed by atoms with Gasteiger partial charge in [0, 0.05) is 32.9 Å². The molecule has 0 atom stereocenters. The Kier molecular flexibility index (Phi) is 5.55. The molecule has 56 heavy (non-hydrogen) atoms. The molecule has 7 aromatic carbocycles. The molecular weight excluding hydrogens is 682 g/mol. The van der Waals surface area contributed by atoms with E-state index in [9.17, 15) is 0 Å². The minimum atomic E-state index is 0.0187. The van der Waals surface area contributed by atoms with E-state index in [4.69, 9.17) is 9.47 Å². The zero-order valence-electron chi connectivity index (χ0n) is 32.4. The number of fused-ring (bicyclic) bond motifs is 17. The van der Waals surface area contributed by atoms with Gasteiger partial charge in [-0.05, 0) is 109 Å². The first-order valence-corrected chi connectivity index (χ1v) is 20.0. The molecule has 0 N–H and O–H groups in total. The third-order valence-corrected chi connectivity index (χ3v) is 13.3. The second-order valence-electron chi connectivity index (χ2n) is 18.5. The summed E-state index contributed by atoms with van der Waals surface area (Å²) in [6.45, 7) is 13.9. The van der Waals surface area contributed by atoms with Crippen LogP contribution < -0.4 is 42.3 Å². The number of hydrogen-bond donors (Lipinski definition) is 0. The van der Waals surface area contributed by atoms with Gasteiger partial charge in [-0.3, -0.25) is 0 Å². The fraction of sp³-hybridized carbons (Fsp3) is 0.160. The zero-order chi connectivity index (χ0) is 37.6. The lowest BCUT2D eigenvalue weighted by atomic mass is 9.34. The molecule has 13 rings (SSSR count). The second-order valence-corrected chi connectivity index (χ2v) is 18.5. The molecule has 6 heterocycles. The highest BCUT2D eigenvalue weighted by Crippen LogP contribution is 2.46. The largest absolute Gasteiger partial charge is 0.458 e. The van der Waals surface area contributed by atoms with Crippen molar-refractivity contribution >= 4 is 89.8 Å². The number of nitrogens with zero attached hydrogens (tertiary/aromatic N) is 2. The van der Waals surface area contributed by atoms with Crippen molar-refractivity contribution < 1.29 is 9.47 Å². The standard InChI is InChI=1S/C50H38B2N2O2/c1-49(2,3)27-15-21-39-34(25-27)51-32-11-7-9-13-36(32)53-38-20-17-29-30-18-23-41-44-47(30)54(46(29)43(38)31-19-24-42(56-39)45(51)48(31)53)37-14-10-8-12-33(37)52(44)35-26-28(50(4,5)6)16-22-40(35)55-41/h7-26H,1-6H3. The molecule has 0 saturated carbocycles. The van der Waals surface area contributed by atoms with Gasteiger partial charge in [0.15, 0.2) is 0 Å². The lowest BCUT2D eigenvalue weighted by Crippen LogP contribution is -2.58. The van der Waals surface area contributed by atoms with Crippen molar-refractivity contribution in [1.82, 2.24) is 9.13 Å². The van der Waals surface area contributed by atoms with E-state index >= 15 is 0 Å². The summed E-state index contributed by atoms with van der Waals surface area (Å²) in [4.78, 5) is 0. The number of ether oxygens (including phenoxy) is 2. The Morgan fingerprint density at radius 1 is 0.429 bits per heavy atom. The molecule has 0 fully saturated rings. The summed E-state index contributed by atoms with van der Waals surface area (Å²) in [5.41, 5.74) is 17.8. The van der Waals surface area contributed by atoms with Gasteiger partial charge in [-0.15, -0.1) is 0 Å². The summed E-state index contributed by atoms with van der Waals surface area (Å²) in [6.07, 6.45) is 0. The highest BCUT2D eigenvalue weighted by Gasteiger charge is 2.44. The fourth-order valence-corrected chi connectivity index (χ4v) is 10.8. The van der Waals surface area contributed by atoms with Crippen molar-refractivity contribution in [3.05, 3.63) is 132 Å². The maximum atomic E-state index is 6.84. The molecule has 0 aliphatic carbocycles. The molecule has 0 saturated heterocycles. The highest BCUT2D eigenvalue weighted by atomic mass is 16.5. The van der Waals surface area contributed by atoms with Gasteiger partial charge in [0.05, 0.1) is 22.1 Å². The summed E-state index contributed by atoms with van der Waals surface area (Å²) >= 11 is 0. The third kappa shape index (κ3) is 3.69. The number of para-hydroxylation sites is 2. The van der Waals surface area contributed by atoms with Gasteiger partial charge >= 0.3 is 0 Å². The monoisotopic (exact) mass is 720 g/mol. The molecule has 6 heteroatoms. The van der Waals surface area contributed by atoms with E-state index in [2.05, 4.69) is 172 Å². The number of benzene rings is 7. The summed E-state index contributed by atoms with van der Waals surface area (Å²) in [6, 6.07) is 45.5. The topological polar surface area (TPSA) is 28.3 Å². The van der Waals surface area contributed by atoms with Crippen LogP contribution in [-0.4, -0.2) is 22.6 Å². The Labute approximate surface area is 326 Å². The van der Waals surface area contributed by atoms with Gasteiger partial charge in [-0.1, -0.05) is 108 Å². The van der Waals surface area contributed by atoms with Crippen molar-refractivity contribution in [2.45, 2.75) is 52.4 Å². The van der Waals surface area contributed by atoms with Crippen molar-refractivity contribution in [2.75, 3.05) is 0 Å². The molecule has 0 unspecified atom stereocenters. The Morgan fingerprint density at radius 2 is 0.893 bits per heavy atom. The van der Waals surface area contributed by atoms with Gasteiger partial charge < -0.3 is 18.6 Å². The van der Waals surface area contributed by atoms with Gasteiger partial charge in [-0.25, -0.2) is 0 Å². The van der Waals surface area contributed by atoms with Crippen molar-refractivity contribution in [1.29, 1.82) is 0 Å². The summed E-state index contributed by atoms with van der Waals surface area (Å²) in [5, 5.41) is 5.05. The fourth-order valence-electron chi connectivity index (χ4n) is 10.8. The predicted molar refractivity (Wildman–Crippen MR) is 235 cm³/mol. The number of aromatic nitrogens is 2. The molecule has 0 bridgehead atoms. The van der Waals surface area contributed by atoms with E-state index in [1.807, 2.05) is 0 Å². The molecule has 0 radical (unpaired) electrons. The van der Waals surface area contributed by atoms with Crippen LogP contribution in [0.4, 0.5) is 0 Å². The van der Waals surface area contributed by atoms with E-state index in [0.29, 0.717) is 0 Å². The van der Waals surface area contributed by atoms with Crippen LogP contribution >= 0.6 is 0 Å². The van der Waals surface area contributed by atoms with Crippen LogP contribution in [0.5, 0.6) is 23.0 Å². The SMILES string of the molecule is CC(C)(C)c1ccc2c(c1)B1c3ccccc3-n3c4ccc5c6ccc7c8c6n(c5c4c4ccc(c1c43)O2)-c1ccccc1B8c1cc(C(C)(C)C)ccc1O7. The van der Waals surface area contributed by atoms with Crippen LogP contribution in [-0.2, 0) is 10.8 Å². The highest BCUT2D eigenvalue weighted by molar-refractivity contribution is 7.00. The summed E-state index contributed by atoms with van der Waals surface area (Å²) in [7, 11) is 0. The third-order valence-electron chi connectivity index (χ3n) is 13.3. The van der Waals surface area contributed by atoms with Crippen LogP contribution in [0.1, 0.15) is 52.7 Å². The maximum Gasteiger partial charge on any atom is 0.256 e. The average Bonchev–Trinajstić information content (AvgIpc) is 3.72. The van der Waals surface area contributed by atoms with Gasteiger partial charge in [-0.2, -0.15) is 0 Å². The lowest BCUT2D eigenvalue weighted by molar-refractivity contribution is 0.486. The lowest BCUT2D eigenvalue weighted by Gasteiger charge is -2.34. The Bertz CT molecular complexity index is 3300. The zero-order valence-corrected chi connectivity index (χ0v) is 32.4. The quantitative estimate of drug-likeness (QED) is 0.148. The van der Waals surface area contributed by atoms with Gasteiger partial charge in [0.1, 0.15) is 23.0 Å². The first-order chi connectivity index (χ1) is 27.1. The molecule has 4 aliphatic heterocycles. The minimum absolute atomic E-state index is 0.0187. The maximum absolute atomic E-state index is 6.84. The van der Waals surface area contributed by atoms with Gasteiger partial charge in [0.2, 0.25) is 0 Å². The normalized spacial score (nSPS) is 14.5. The average molecular weight is 720 g/mol. The molecule has 0 spiro atoms. The van der Waals surface area contributed by atoms with E-state index in [1.165, 1.54) is 98.9 Å². The van der Waals surface area contributed by atoms with Crippen molar-refractivity contribution in [3.63, 3.8) is 0 Å². The van der Waals surface area contributed by atoms with Crippen LogP contribution in [0.3, 0.4) is 0 Å². The molecule has 266 valence electrons. The van der Waals surface area contributed by atoms with E-state index in [1.54, 1.807) is 0 Å². The predicted octanol–water partition coefficient (Wildman–Crippen LogP) is 8.35.